The molecule has 1 atom stereocenters. The van der Waals surface area contributed by atoms with Crippen LogP contribution in [0.3, 0.4) is 0 Å². The van der Waals surface area contributed by atoms with Crippen molar-refractivity contribution in [2.75, 3.05) is 13.1 Å². The molecule has 1 aliphatic rings. The van der Waals surface area contributed by atoms with Crippen LogP contribution in [0, 0.1) is 0 Å². The van der Waals surface area contributed by atoms with Crippen LogP contribution in [0.2, 0.25) is 0 Å². The number of nitrogens with one attached hydrogen (secondary N) is 2. The van der Waals surface area contributed by atoms with E-state index in [0.29, 0.717) is 11.4 Å². The molecule has 3 heterocycles. The number of aromatic nitrogens is 3. The Bertz CT molecular complexity index is 1090. The summed E-state index contributed by atoms with van der Waals surface area (Å²) in [6, 6.07) is 10.1. The number of hydrogen-bond donors (Lipinski definition) is 2. The van der Waals surface area contributed by atoms with Crippen molar-refractivity contribution in [3.8, 4) is 0 Å². The smallest absolute Gasteiger partial charge is 0.253 e. The van der Waals surface area contributed by atoms with Gasteiger partial charge in [0.1, 0.15) is 12.4 Å². The summed E-state index contributed by atoms with van der Waals surface area (Å²) < 4.78 is 1.30. The van der Waals surface area contributed by atoms with E-state index in [4.69, 9.17) is 0 Å². The van der Waals surface area contributed by atoms with Gasteiger partial charge in [-0.15, -0.1) is 0 Å². The molecule has 0 radical (unpaired) electrons. The molecule has 1 unspecified atom stereocenters. The maximum atomic E-state index is 12.7. The number of para-hydroxylation sites is 2. The molecule has 8 heteroatoms. The summed E-state index contributed by atoms with van der Waals surface area (Å²) in [5, 5.41) is 2.89. The van der Waals surface area contributed by atoms with Crippen LogP contribution in [-0.4, -0.2) is 44.3 Å². The molecule has 0 spiro atoms. The minimum Gasteiger partial charge on any atom is -0.342 e. The molecule has 1 fully saturated rings. The predicted molar refractivity (Wildman–Crippen MR) is 113 cm³/mol. The van der Waals surface area contributed by atoms with Crippen LogP contribution in [0.15, 0.2) is 47.4 Å². The minimum absolute atomic E-state index is 0.0565. The van der Waals surface area contributed by atoms with E-state index in [2.05, 4.69) is 15.3 Å². The van der Waals surface area contributed by atoms with Crippen LogP contribution >= 0.6 is 0 Å². The van der Waals surface area contributed by atoms with Gasteiger partial charge in [0.05, 0.1) is 22.6 Å². The van der Waals surface area contributed by atoms with Crippen molar-refractivity contribution in [1.82, 2.24) is 24.8 Å². The maximum absolute atomic E-state index is 12.7. The molecule has 1 aliphatic heterocycles. The largest absolute Gasteiger partial charge is 0.342 e. The highest BCUT2D eigenvalue weighted by atomic mass is 16.2. The van der Waals surface area contributed by atoms with Crippen molar-refractivity contribution in [2.45, 2.75) is 38.8 Å². The zero-order valence-corrected chi connectivity index (χ0v) is 16.9. The highest BCUT2D eigenvalue weighted by Gasteiger charge is 2.19. The summed E-state index contributed by atoms with van der Waals surface area (Å²) in [7, 11) is 0. The van der Waals surface area contributed by atoms with Crippen LogP contribution in [0.4, 0.5) is 0 Å². The number of H-pyrrole nitrogens is 1. The van der Waals surface area contributed by atoms with Gasteiger partial charge in [-0.2, -0.15) is 0 Å². The Morgan fingerprint density at radius 2 is 1.90 bits per heavy atom. The summed E-state index contributed by atoms with van der Waals surface area (Å²) in [5.41, 5.74) is 1.75. The standard InChI is InChI=1S/C22H25N5O3/c1-15(21-24-17-7-3-4-8-18(17)25-21)23-22(30)16-9-10-19(28)27(13-16)14-20(29)26-11-5-2-6-12-26/h3-4,7-10,13,15H,2,5-6,11-12,14H2,1H3,(H,23,30)(H,24,25). The van der Waals surface area contributed by atoms with E-state index in [9.17, 15) is 14.4 Å². The van der Waals surface area contributed by atoms with Gasteiger partial charge in [-0.1, -0.05) is 12.1 Å². The Labute approximate surface area is 173 Å². The van der Waals surface area contributed by atoms with Crippen molar-refractivity contribution >= 4 is 22.8 Å². The number of piperidine rings is 1. The number of fused-ring (bicyclic) bond motifs is 1. The fraction of sp³-hybridized carbons (Fsp3) is 0.364. The number of likely N-dealkylation sites (tertiary alicyclic amines) is 1. The molecule has 30 heavy (non-hydrogen) atoms. The molecule has 0 saturated carbocycles. The molecule has 156 valence electrons. The van der Waals surface area contributed by atoms with Gasteiger partial charge in [0.2, 0.25) is 5.91 Å². The lowest BCUT2D eigenvalue weighted by Crippen LogP contribution is -2.39. The second kappa shape index (κ2) is 8.52. The maximum Gasteiger partial charge on any atom is 0.253 e. The number of amides is 2. The Kier molecular flexibility index (Phi) is 5.65. The lowest BCUT2D eigenvalue weighted by Gasteiger charge is -2.27. The third kappa shape index (κ3) is 4.27. The quantitative estimate of drug-likeness (QED) is 0.677. The van der Waals surface area contributed by atoms with Gasteiger partial charge < -0.3 is 19.8 Å². The second-order valence-corrected chi connectivity index (χ2v) is 7.66. The van der Waals surface area contributed by atoms with Crippen molar-refractivity contribution in [3.05, 3.63) is 64.3 Å². The molecule has 1 saturated heterocycles. The average Bonchev–Trinajstić information content (AvgIpc) is 3.20. The fourth-order valence-corrected chi connectivity index (χ4v) is 3.70. The Balaban J connectivity index is 1.46. The summed E-state index contributed by atoms with van der Waals surface area (Å²) in [6.07, 6.45) is 4.55. The van der Waals surface area contributed by atoms with E-state index in [-0.39, 0.29) is 30.0 Å². The van der Waals surface area contributed by atoms with Gasteiger partial charge in [-0.05, 0) is 44.4 Å². The molecule has 2 amide bonds. The van der Waals surface area contributed by atoms with E-state index in [1.807, 2.05) is 31.2 Å². The van der Waals surface area contributed by atoms with Crippen molar-refractivity contribution < 1.29 is 9.59 Å². The molecule has 0 aliphatic carbocycles. The first kappa shape index (κ1) is 19.9. The van der Waals surface area contributed by atoms with Crippen LogP contribution in [0.25, 0.3) is 11.0 Å². The molecular formula is C22H25N5O3. The van der Waals surface area contributed by atoms with Crippen LogP contribution in [0.5, 0.6) is 0 Å². The molecule has 3 aromatic rings. The highest BCUT2D eigenvalue weighted by molar-refractivity contribution is 5.94. The summed E-state index contributed by atoms with van der Waals surface area (Å²) in [5.74, 6) is 0.227. The average molecular weight is 407 g/mol. The van der Waals surface area contributed by atoms with Crippen molar-refractivity contribution in [2.24, 2.45) is 0 Å². The first-order valence-corrected chi connectivity index (χ1v) is 10.2. The molecule has 2 N–H and O–H groups in total. The number of imidazole rings is 1. The van der Waals surface area contributed by atoms with Crippen LogP contribution < -0.4 is 10.9 Å². The van der Waals surface area contributed by atoms with Gasteiger partial charge in [0.25, 0.3) is 11.5 Å². The highest BCUT2D eigenvalue weighted by Crippen LogP contribution is 2.16. The minimum atomic E-state index is -0.347. The van der Waals surface area contributed by atoms with E-state index in [1.54, 1.807) is 4.90 Å². The molecule has 2 aromatic heterocycles. The van der Waals surface area contributed by atoms with Gasteiger partial charge in [0.15, 0.2) is 0 Å². The number of rotatable bonds is 5. The second-order valence-electron chi connectivity index (χ2n) is 7.66. The first-order valence-electron chi connectivity index (χ1n) is 10.2. The third-order valence-corrected chi connectivity index (χ3v) is 5.43. The molecule has 1 aromatic carbocycles. The topological polar surface area (TPSA) is 100 Å². The zero-order valence-electron chi connectivity index (χ0n) is 16.9. The van der Waals surface area contributed by atoms with Gasteiger partial charge >= 0.3 is 0 Å². The summed E-state index contributed by atoms with van der Waals surface area (Å²) >= 11 is 0. The van der Waals surface area contributed by atoms with E-state index in [0.717, 1.165) is 43.4 Å². The first-order chi connectivity index (χ1) is 14.5. The monoisotopic (exact) mass is 407 g/mol. The third-order valence-electron chi connectivity index (χ3n) is 5.43. The van der Waals surface area contributed by atoms with Crippen molar-refractivity contribution in [1.29, 1.82) is 0 Å². The fourth-order valence-electron chi connectivity index (χ4n) is 3.70. The predicted octanol–water partition coefficient (Wildman–Crippen LogP) is 2.23. The summed E-state index contributed by atoms with van der Waals surface area (Å²) in [6.45, 7) is 3.23. The Morgan fingerprint density at radius 1 is 1.13 bits per heavy atom. The summed E-state index contributed by atoms with van der Waals surface area (Å²) in [4.78, 5) is 46.9. The SMILES string of the molecule is CC(NC(=O)c1ccc(=O)n(CC(=O)N2CCCCC2)c1)c1nc2ccccc2[nH]1. The van der Waals surface area contributed by atoms with Gasteiger partial charge in [-0.25, -0.2) is 4.98 Å². The molecule has 0 bridgehead atoms. The van der Waals surface area contributed by atoms with Crippen LogP contribution in [0.1, 0.15) is 48.4 Å². The van der Waals surface area contributed by atoms with Crippen molar-refractivity contribution in [3.63, 3.8) is 0 Å². The van der Waals surface area contributed by atoms with E-state index < -0.39 is 0 Å². The van der Waals surface area contributed by atoms with Gasteiger partial charge in [-0.3, -0.25) is 14.4 Å². The Hall–Kier alpha value is -3.42. The van der Waals surface area contributed by atoms with Gasteiger partial charge in [0, 0.05) is 25.4 Å². The number of carbonyl (C=O) groups excluding carboxylic acids is 2. The van der Waals surface area contributed by atoms with E-state index >= 15 is 0 Å². The molecular weight excluding hydrogens is 382 g/mol. The lowest BCUT2D eigenvalue weighted by molar-refractivity contribution is -0.132. The molecule has 4 rings (SSSR count). The number of hydrogen-bond acceptors (Lipinski definition) is 4. The number of carbonyl (C=O) groups is 2. The van der Waals surface area contributed by atoms with E-state index in [1.165, 1.54) is 22.9 Å². The Morgan fingerprint density at radius 3 is 2.67 bits per heavy atom. The number of benzene rings is 1. The molecule has 8 nitrogen and oxygen atoms in total. The lowest BCUT2D eigenvalue weighted by atomic mass is 10.1. The van der Waals surface area contributed by atoms with Crippen LogP contribution in [-0.2, 0) is 11.3 Å². The normalized spacial score (nSPS) is 15.2. The number of aromatic amines is 1. The number of nitrogens with zero attached hydrogens (tertiary/aromatic N) is 3. The zero-order chi connectivity index (χ0) is 21.1. The number of pyridine rings is 1.